The zero-order valence-electron chi connectivity index (χ0n) is 12.3. The molecule has 1 heterocycles. The molecule has 0 unspecified atom stereocenters. The lowest BCUT2D eigenvalue weighted by atomic mass is 10.1. The number of benzene rings is 1. The maximum atomic E-state index is 10.6. The molecule has 2 N–H and O–H groups in total. The number of nitriles is 1. The Balaban J connectivity index is 1.61. The molecule has 3 rings (SSSR count). The van der Waals surface area contributed by atoms with E-state index in [2.05, 4.69) is 11.1 Å². The molecule has 1 aromatic carbocycles. The molecule has 1 aliphatic rings. The summed E-state index contributed by atoms with van der Waals surface area (Å²) in [5.74, 6) is 0.740. The van der Waals surface area contributed by atoms with Gasteiger partial charge in [-0.1, -0.05) is 0 Å². The van der Waals surface area contributed by atoms with E-state index in [0.717, 1.165) is 34.0 Å². The number of thiazole rings is 1. The number of rotatable bonds is 6. The van der Waals surface area contributed by atoms with E-state index in [-0.39, 0.29) is 12.0 Å². The van der Waals surface area contributed by atoms with Crippen LogP contribution in [0, 0.1) is 16.7 Å². The van der Waals surface area contributed by atoms with Crippen LogP contribution in [-0.2, 0) is 11.3 Å². The molecule has 1 fully saturated rings. The summed E-state index contributed by atoms with van der Waals surface area (Å²) in [5.41, 5.74) is 5.62. The van der Waals surface area contributed by atoms with E-state index in [9.17, 15) is 4.79 Å². The first kappa shape index (κ1) is 15.3. The highest BCUT2D eigenvalue weighted by molar-refractivity contribution is 7.15. The van der Waals surface area contributed by atoms with E-state index < -0.39 is 6.09 Å². The molecule has 1 aromatic heterocycles. The highest BCUT2D eigenvalue weighted by Gasteiger charge is 2.44. The SMILES string of the molecule is N#CC1(COc2ccc(-c3ncc(COC(N)=O)s3)cc2)CC1. The largest absolute Gasteiger partial charge is 0.492 e. The van der Waals surface area contributed by atoms with E-state index in [4.69, 9.17) is 20.5 Å². The molecule has 0 saturated heterocycles. The summed E-state index contributed by atoms with van der Waals surface area (Å²) in [6.45, 7) is 0.569. The molecule has 1 saturated carbocycles. The van der Waals surface area contributed by atoms with Gasteiger partial charge >= 0.3 is 6.09 Å². The van der Waals surface area contributed by atoms with E-state index in [1.807, 2.05) is 24.3 Å². The predicted molar refractivity (Wildman–Crippen MR) is 84.7 cm³/mol. The summed E-state index contributed by atoms with van der Waals surface area (Å²) in [6, 6.07) is 9.87. The standard InChI is InChI=1S/C16H15N3O3S/c17-9-16(5-6-16)10-22-12-3-1-11(2-4-12)14-19-7-13(23-14)8-21-15(18)20/h1-4,7H,5-6,8,10H2,(H2,18,20). The van der Waals surface area contributed by atoms with Crippen molar-refractivity contribution in [3.05, 3.63) is 35.3 Å². The van der Waals surface area contributed by atoms with Gasteiger partial charge in [-0.15, -0.1) is 11.3 Å². The van der Waals surface area contributed by atoms with Crippen LogP contribution in [0.4, 0.5) is 4.79 Å². The third kappa shape index (κ3) is 3.79. The van der Waals surface area contributed by atoms with E-state index in [0.29, 0.717) is 6.61 Å². The molecule has 6 nitrogen and oxygen atoms in total. The van der Waals surface area contributed by atoms with Crippen LogP contribution in [0.1, 0.15) is 17.7 Å². The smallest absolute Gasteiger partial charge is 0.404 e. The summed E-state index contributed by atoms with van der Waals surface area (Å²) in [5, 5.41) is 9.86. The number of primary amides is 1. The van der Waals surface area contributed by atoms with Gasteiger partial charge in [0.25, 0.3) is 0 Å². The Morgan fingerprint density at radius 1 is 1.39 bits per heavy atom. The van der Waals surface area contributed by atoms with Gasteiger partial charge in [-0.25, -0.2) is 9.78 Å². The summed E-state index contributed by atoms with van der Waals surface area (Å²) >= 11 is 1.44. The van der Waals surface area contributed by atoms with Gasteiger partial charge in [0.15, 0.2) is 0 Å². The maximum Gasteiger partial charge on any atom is 0.404 e. The van der Waals surface area contributed by atoms with Gasteiger partial charge in [0.1, 0.15) is 24.0 Å². The van der Waals surface area contributed by atoms with Crippen LogP contribution < -0.4 is 10.5 Å². The van der Waals surface area contributed by atoms with Gasteiger partial charge in [0, 0.05) is 11.8 Å². The molecular formula is C16H15N3O3S. The van der Waals surface area contributed by atoms with Crippen LogP contribution in [0.5, 0.6) is 5.75 Å². The van der Waals surface area contributed by atoms with Crippen molar-refractivity contribution in [3.8, 4) is 22.4 Å². The quantitative estimate of drug-likeness (QED) is 0.878. The van der Waals surface area contributed by atoms with Crippen molar-refractivity contribution in [1.82, 2.24) is 4.98 Å². The van der Waals surface area contributed by atoms with Gasteiger partial charge in [0.05, 0.1) is 16.4 Å². The van der Waals surface area contributed by atoms with Crippen LogP contribution in [0.25, 0.3) is 10.6 Å². The Bertz CT molecular complexity index is 745. The molecule has 1 amide bonds. The molecule has 118 valence electrons. The Hall–Kier alpha value is -2.59. The van der Waals surface area contributed by atoms with Crippen molar-refractivity contribution in [2.24, 2.45) is 11.1 Å². The number of aromatic nitrogens is 1. The number of hydrogen-bond donors (Lipinski definition) is 1. The minimum atomic E-state index is -0.799. The van der Waals surface area contributed by atoms with Gasteiger partial charge in [-0.3, -0.25) is 0 Å². The minimum Gasteiger partial charge on any atom is -0.492 e. The fourth-order valence-electron chi connectivity index (χ4n) is 2.00. The Morgan fingerprint density at radius 3 is 2.74 bits per heavy atom. The highest BCUT2D eigenvalue weighted by atomic mass is 32.1. The van der Waals surface area contributed by atoms with Crippen LogP contribution in [0.3, 0.4) is 0 Å². The normalized spacial score (nSPS) is 14.7. The molecule has 7 heteroatoms. The van der Waals surface area contributed by atoms with Gasteiger partial charge in [0.2, 0.25) is 0 Å². The second kappa shape index (κ2) is 6.26. The second-order valence-electron chi connectivity index (χ2n) is 5.44. The van der Waals surface area contributed by atoms with Crippen LogP contribution in [0.15, 0.2) is 30.5 Å². The molecule has 0 spiro atoms. The number of amides is 1. The molecule has 2 aromatic rings. The van der Waals surface area contributed by atoms with Crippen molar-refractivity contribution in [3.63, 3.8) is 0 Å². The average Bonchev–Trinajstić information content (AvgIpc) is 3.20. The predicted octanol–water partition coefficient (Wildman–Crippen LogP) is 3.09. The summed E-state index contributed by atoms with van der Waals surface area (Å²) < 4.78 is 10.4. The Labute approximate surface area is 137 Å². The average molecular weight is 329 g/mol. The lowest BCUT2D eigenvalue weighted by molar-refractivity contribution is 0.151. The van der Waals surface area contributed by atoms with E-state index in [1.54, 1.807) is 6.20 Å². The number of hydrogen-bond acceptors (Lipinski definition) is 6. The molecule has 23 heavy (non-hydrogen) atoms. The lowest BCUT2D eigenvalue weighted by Crippen LogP contribution is -2.12. The highest BCUT2D eigenvalue weighted by Crippen LogP contribution is 2.45. The number of nitrogens with two attached hydrogens (primary N) is 1. The fourth-order valence-corrected chi connectivity index (χ4v) is 2.84. The van der Waals surface area contributed by atoms with E-state index >= 15 is 0 Å². The second-order valence-corrected chi connectivity index (χ2v) is 6.56. The van der Waals surface area contributed by atoms with Crippen molar-refractivity contribution >= 4 is 17.4 Å². The van der Waals surface area contributed by atoms with Crippen LogP contribution in [0.2, 0.25) is 0 Å². The third-order valence-corrected chi connectivity index (χ3v) is 4.64. The third-order valence-electron chi connectivity index (χ3n) is 3.62. The first-order valence-corrected chi connectivity index (χ1v) is 7.93. The zero-order chi connectivity index (χ0) is 16.3. The topological polar surface area (TPSA) is 98.2 Å². The fraction of sp³-hybridized carbons (Fsp3) is 0.312. The monoisotopic (exact) mass is 329 g/mol. The van der Waals surface area contributed by atoms with Crippen molar-refractivity contribution in [2.75, 3.05) is 6.61 Å². The maximum absolute atomic E-state index is 10.6. The van der Waals surface area contributed by atoms with Crippen molar-refractivity contribution < 1.29 is 14.3 Å². The molecule has 0 bridgehead atoms. The van der Waals surface area contributed by atoms with Gasteiger partial charge in [-0.2, -0.15) is 5.26 Å². The summed E-state index contributed by atoms with van der Waals surface area (Å²) in [6.07, 6.45) is 2.69. The van der Waals surface area contributed by atoms with Crippen LogP contribution in [-0.4, -0.2) is 17.7 Å². The number of carbonyl (C=O) groups is 1. The molecule has 1 aliphatic carbocycles. The zero-order valence-corrected chi connectivity index (χ0v) is 13.1. The number of ether oxygens (including phenoxy) is 2. The van der Waals surface area contributed by atoms with E-state index in [1.165, 1.54) is 11.3 Å². The summed E-state index contributed by atoms with van der Waals surface area (Å²) in [4.78, 5) is 15.7. The molecule has 0 aliphatic heterocycles. The van der Waals surface area contributed by atoms with Crippen molar-refractivity contribution in [2.45, 2.75) is 19.4 Å². The van der Waals surface area contributed by atoms with Gasteiger partial charge < -0.3 is 15.2 Å². The van der Waals surface area contributed by atoms with Gasteiger partial charge in [-0.05, 0) is 37.1 Å². The number of nitrogens with zero attached hydrogens (tertiary/aromatic N) is 2. The first-order valence-electron chi connectivity index (χ1n) is 7.12. The molecular weight excluding hydrogens is 314 g/mol. The Morgan fingerprint density at radius 2 is 2.13 bits per heavy atom. The number of carbonyl (C=O) groups excluding carboxylic acids is 1. The van der Waals surface area contributed by atoms with Crippen LogP contribution >= 0.6 is 11.3 Å². The molecule has 0 atom stereocenters. The lowest BCUT2D eigenvalue weighted by Gasteiger charge is -2.09. The molecule has 0 radical (unpaired) electrons. The first-order chi connectivity index (χ1) is 11.1. The summed E-state index contributed by atoms with van der Waals surface area (Å²) in [7, 11) is 0. The minimum absolute atomic E-state index is 0.129. The Kier molecular flexibility index (Phi) is 4.17. The van der Waals surface area contributed by atoms with Crippen molar-refractivity contribution in [1.29, 1.82) is 5.26 Å².